The van der Waals surface area contributed by atoms with Crippen molar-refractivity contribution < 1.29 is 24.6 Å². The van der Waals surface area contributed by atoms with Gasteiger partial charge in [-0.15, -0.1) is 0 Å². The minimum atomic E-state index is -0.996. The van der Waals surface area contributed by atoms with Crippen molar-refractivity contribution >= 4 is 28.7 Å². The van der Waals surface area contributed by atoms with E-state index in [9.17, 15) is 19.5 Å². The topological polar surface area (TPSA) is 108 Å². The minimum Gasteiger partial charge on any atom is -0.480 e. The lowest BCUT2D eigenvalue weighted by molar-refractivity contribution is -0.153. The summed E-state index contributed by atoms with van der Waals surface area (Å²) >= 11 is 0. The lowest BCUT2D eigenvalue weighted by Crippen LogP contribution is -2.47. The number of carboxylic acid groups (broad SMARTS) is 2. The zero-order valence-electron chi connectivity index (χ0n) is 20.4. The van der Waals surface area contributed by atoms with Crippen LogP contribution in [0.1, 0.15) is 62.4 Å². The number of nitrogens with zero attached hydrogens (tertiary/aromatic N) is 2. The molecule has 1 aromatic heterocycles. The molecule has 0 aliphatic rings. The Morgan fingerprint density at radius 3 is 2.26 bits per heavy atom. The van der Waals surface area contributed by atoms with Gasteiger partial charge in [-0.3, -0.25) is 4.79 Å². The van der Waals surface area contributed by atoms with E-state index in [1.165, 1.54) is 4.90 Å². The van der Waals surface area contributed by atoms with Gasteiger partial charge in [0.15, 0.2) is 0 Å². The molecule has 0 aliphatic carbocycles. The number of hydrogen-bond acceptors (Lipinski definition) is 4. The summed E-state index contributed by atoms with van der Waals surface area (Å²) in [5, 5.41) is 19.8. The van der Waals surface area contributed by atoms with Crippen molar-refractivity contribution in [1.29, 1.82) is 0 Å². The van der Waals surface area contributed by atoms with E-state index in [4.69, 9.17) is 10.1 Å². The third-order valence-corrected chi connectivity index (χ3v) is 6.07. The number of fused-ring (bicyclic) bond motifs is 1. The number of carbonyl (C=O) groups excluding carboxylic acids is 1. The summed E-state index contributed by atoms with van der Waals surface area (Å²) in [6.45, 7) is 5.92. The molecule has 3 aromatic rings. The Morgan fingerprint density at radius 2 is 1.66 bits per heavy atom. The van der Waals surface area contributed by atoms with Crippen LogP contribution in [0.5, 0.6) is 0 Å². The van der Waals surface area contributed by atoms with E-state index in [0.717, 1.165) is 47.0 Å². The van der Waals surface area contributed by atoms with E-state index in [1.807, 2.05) is 44.2 Å². The van der Waals surface area contributed by atoms with Gasteiger partial charge >= 0.3 is 11.9 Å². The largest absolute Gasteiger partial charge is 0.480 e. The Morgan fingerprint density at radius 1 is 0.943 bits per heavy atom. The summed E-state index contributed by atoms with van der Waals surface area (Å²) < 4.78 is 0. The molecule has 7 heteroatoms. The van der Waals surface area contributed by atoms with Crippen LogP contribution in [-0.2, 0) is 16.1 Å². The summed E-state index contributed by atoms with van der Waals surface area (Å²) in [5.74, 6) is -2.33. The van der Waals surface area contributed by atoms with E-state index >= 15 is 0 Å². The van der Waals surface area contributed by atoms with E-state index < -0.39 is 18.0 Å². The first kappa shape index (κ1) is 25.9. The molecular weight excluding hydrogens is 444 g/mol. The Hall–Kier alpha value is -3.74. The van der Waals surface area contributed by atoms with E-state index in [0.29, 0.717) is 6.42 Å². The second-order valence-corrected chi connectivity index (χ2v) is 9.11. The Labute approximate surface area is 205 Å². The van der Waals surface area contributed by atoms with Gasteiger partial charge in [-0.2, -0.15) is 0 Å². The summed E-state index contributed by atoms with van der Waals surface area (Å²) in [5.41, 5.74) is 3.35. The molecule has 3 rings (SSSR count). The van der Waals surface area contributed by atoms with Crippen LogP contribution in [0.4, 0.5) is 0 Å². The molecule has 0 bridgehead atoms. The van der Waals surface area contributed by atoms with E-state index in [2.05, 4.69) is 6.92 Å². The van der Waals surface area contributed by atoms with Gasteiger partial charge in [0.05, 0.1) is 16.8 Å². The highest BCUT2D eigenvalue weighted by Gasteiger charge is 2.32. The number of benzene rings is 2. The molecule has 2 N–H and O–H groups in total. The first-order chi connectivity index (χ1) is 16.7. The Balaban J connectivity index is 1.87. The number of carboxylic acids is 2. The molecule has 0 radical (unpaired) electrons. The average molecular weight is 477 g/mol. The smallest absolute Gasteiger partial charge is 0.335 e. The average Bonchev–Trinajstić information content (AvgIpc) is 2.83. The van der Waals surface area contributed by atoms with Crippen molar-refractivity contribution in [2.75, 3.05) is 0 Å². The van der Waals surface area contributed by atoms with Crippen LogP contribution in [-0.4, -0.2) is 44.0 Å². The number of hydrogen-bond donors (Lipinski definition) is 2. The fourth-order valence-corrected chi connectivity index (χ4v) is 4.20. The highest BCUT2D eigenvalue weighted by molar-refractivity contribution is 5.88. The SMILES string of the molecule is CCCCCC(=O)N(Cc1ccc2nc(-c3ccc(C(=O)O)cc3)ccc2c1)C(C(=O)O)C(C)C. The molecule has 2 aromatic carbocycles. The fraction of sp³-hybridized carbons (Fsp3) is 0.357. The first-order valence-electron chi connectivity index (χ1n) is 12.0. The molecule has 1 unspecified atom stereocenters. The summed E-state index contributed by atoms with van der Waals surface area (Å²) in [6.07, 6.45) is 3.00. The molecule has 1 heterocycles. The van der Waals surface area contributed by atoms with Gasteiger partial charge in [-0.05, 0) is 48.2 Å². The van der Waals surface area contributed by atoms with Gasteiger partial charge in [-0.1, -0.05) is 57.9 Å². The lowest BCUT2D eigenvalue weighted by Gasteiger charge is -2.32. The summed E-state index contributed by atoms with van der Waals surface area (Å²) in [6, 6.07) is 15.1. The molecule has 1 atom stereocenters. The van der Waals surface area contributed by atoms with Crippen molar-refractivity contribution in [2.45, 2.75) is 59.0 Å². The van der Waals surface area contributed by atoms with Crippen molar-refractivity contribution in [1.82, 2.24) is 9.88 Å². The van der Waals surface area contributed by atoms with Crippen LogP contribution in [0.2, 0.25) is 0 Å². The molecule has 35 heavy (non-hydrogen) atoms. The summed E-state index contributed by atoms with van der Waals surface area (Å²) in [4.78, 5) is 42.3. The van der Waals surface area contributed by atoms with E-state index in [1.54, 1.807) is 24.3 Å². The lowest BCUT2D eigenvalue weighted by atomic mass is 10.00. The van der Waals surface area contributed by atoms with Crippen molar-refractivity contribution in [2.24, 2.45) is 5.92 Å². The molecule has 0 fully saturated rings. The second-order valence-electron chi connectivity index (χ2n) is 9.11. The first-order valence-corrected chi connectivity index (χ1v) is 12.0. The van der Waals surface area contributed by atoms with Crippen molar-refractivity contribution in [3.8, 4) is 11.3 Å². The number of pyridine rings is 1. The number of rotatable bonds is 11. The fourth-order valence-electron chi connectivity index (χ4n) is 4.20. The normalized spacial score (nSPS) is 12.0. The van der Waals surface area contributed by atoms with Gasteiger partial charge in [0.25, 0.3) is 0 Å². The minimum absolute atomic E-state index is 0.141. The molecule has 0 aliphatic heterocycles. The predicted octanol–water partition coefficient (Wildman–Crippen LogP) is 5.62. The maximum Gasteiger partial charge on any atom is 0.335 e. The van der Waals surface area contributed by atoms with Crippen LogP contribution >= 0.6 is 0 Å². The predicted molar refractivity (Wildman–Crippen MR) is 135 cm³/mol. The molecule has 184 valence electrons. The number of unbranched alkanes of at least 4 members (excludes halogenated alkanes) is 2. The molecular formula is C28H32N2O5. The molecule has 7 nitrogen and oxygen atoms in total. The number of aromatic carboxylic acids is 1. The van der Waals surface area contributed by atoms with Gasteiger partial charge in [0, 0.05) is 23.9 Å². The van der Waals surface area contributed by atoms with Crippen LogP contribution in [0, 0.1) is 5.92 Å². The van der Waals surface area contributed by atoms with Crippen molar-refractivity contribution in [3.05, 3.63) is 65.7 Å². The van der Waals surface area contributed by atoms with Crippen LogP contribution in [0.25, 0.3) is 22.2 Å². The number of aromatic nitrogens is 1. The zero-order valence-corrected chi connectivity index (χ0v) is 20.4. The third kappa shape index (κ3) is 6.44. The molecule has 0 saturated heterocycles. The third-order valence-electron chi connectivity index (χ3n) is 6.07. The van der Waals surface area contributed by atoms with Crippen LogP contribution < -0.4 is 0 Å². The van der Waals surface area contributed by atoms with Crippen LogP contribution in [0.15, 0.2) is 54.6 Å². The van der Waals surface area contributed by atoms with Gasteiger partial charge in [0.2, 0.25) is 5.91 Å². The quantitative estimate of drug-likeness (QED) is 0.348. The monoisotopic (exact) mass is 476 g/mol. The molecule has 0 saturated carbocycles. The highest BCUT2D eigenvalue weighted by atomic mass is 16.4. The van der Waals surface area contributed by atoms with Gasteiger partial charge in [0.1, 0.15) is 6.04 Å². The summed E-state index contributed by atoms with van der Waals surface area (Å²) in [7, 11) is 0. The second kappa shape index (κ2) is 11.6. The standard InChI is InChI=1S/C28H32N2O5/c1-4-5-6-7-25(31)30(26(18(2)3)28(34)35)17-19-8-14-24-22(16-19)13-15-23(29-24)20-9-11-21(12-10-20)27(32)33/h8-16,18,26H,4-7,17H2,1-3H3,(H,32,33)(H,34,35). The van der Waals surface area contributed by atoms with Gasteiger partial charge in [-0.25, -0.2) is 14.6 Å². The maximum absolute atomic E-state index is 13.0. The Bertz CT molecular complexity index is 1200. The molecule has 1 amide bonds. The number of amides is 1. The number of carbonyl (C=O) groups is 3. The highest BCUT2D eigenvalue weighted by Crippen LogP contribution is 2.24. The molecule has 0 spiro atoms. The van der Waals surface area contributed by atoms with Crippen molar-refractivity contribution in [3.63, 3.8) is 0 Å². The zero-order chi connectivity index (χ0) is 25.5. The van der Waals surface area contributed by atoms with Crippen LogP contribution in [0.3, 0.4) is 0 Å². The van der Waals surface area contributed by atoms with E-state index in [-0.39, 0.29) is 23.9 Å². The number of aliphatic carboxylic acids is 1. The Kier molecular flexibility index (Phi) is 8.58. The van der Waals surface area contributed by atoms with Gasteiger partial charge < -0.3 is 15.1 Å². The maximum atomic E-state index is 13.0.